The van der Waals surface area contributed by atoms with Gasteiger partial charge in [-0.2, -0.15) is 4.31 Å². The number of nitrogens with zero attached hydrogens (tertiary/aromatic N) is 1. The summed E-state index contributed by atoms with van der Waals surface area (Å²) in [5.74, 6) is -2.89. The predicted molar refractivity (Wildman–Crippen MR) is 90.3 cm³/mol. The second-order valence-electron chi connectivity index (χ2n) is 5.60. The van der Waals surface area contributed by atoms with Crippen molar-refractivity contribution in [2.24, 2.45) is 0 Å². The summed E-state index contributed by atoms with van der Waals surface area (Å²) in [7, 11) is -3.89. The highest BCUT2D eigenvalue weighted by molar-refractivity contribution is 7.89. The van der Waals surface area contributed by atoms with E-state index < -0.39 is 27.6 Å². The molecule has 0 bridgehead atoms. The monoisotopic (exact) mass is 382 g/mol. The minimum absolute atomic E-state index is 0.0208. The Labute approximate surface area is 149 Å². The molecule has 2 aromatic carbocycles. The highest BCUT2D eigenvalue weighted by Crippen LogP contribution is 2.23. The molecule has 1 N–H and O–H groups in total. The van der Waals surface area contributed by atoms with Crippen LogP contribution in [0.15, 0.2) is 47.4 Å². The molecule has 6 nitrogen and oxygen atoms in total. The van der Waals surface area contributed by atoms with Crippen LogP contribution < -0.4 is 5.32 Å². The molecule has 26 heavy (non-hydrogen) atoms. The summed E-state index contributed by atoms with van der Waals surface area (Å²) in [4.78, 5) is 12.4. The second kappa shape index (κ2) is 7.48. The maximum atomic E-state index is 13.3. The summed E-state index contributed by atoms with van der Waals surface area (Å²) < 4.78 is 58.4. The normalized spacial score (nSPS) is 15.6. The molecule has 9 heteroatoms. The summed E-state index contributed by atoms with van der Waals surface area (Å²) in [6, 6.07) is 8.64. The van der Waals surface area contributed by atoms with Gasteiger partial charge in [0.2, 0.25) is 10.0 Å². The standard InChI is InChI=1S/C17H16F2N2O4S/c18-14-6-5-12(11-15(14)19)20-17(22)13-3-1-2-4-16(13)26(23,24)21-7-9-25-10-8-21/h1-6,11H,7-10H2,(H,20,22). The van der Waals surface area contributed by atoms with E-state index in [1.807, 2.05) is 0 Å². The van der Waals surface area contributed by atoms with Crippen molar-refractivity contribution in [1.29, 1.82) is 0 Å². The first kappa shape index (κ1) is 18.4. The molecule has 138 valence electrons. The molecule has 1 aliphatic rings. The summed E-state index contributed by atoms with van der Waals surface area (Å²) in [5.41, 5.74) is -0.0591. The van der Waals surface area contributed by atoms with Crippen molar-refractivity contribution in [3.8, 4) is 0 Å². The van der Waals surface area contributed by atoms with Crippen LogP contribution in [0.4, 0.5) is 14.5 Å². The zero-order chi connectivity index (χ0) is 18.7. The zero-order valence-corrected chi connectivity index (χ0v) is 14.4. The molecular weight excluding hydrogens is 366 g/mol. The molecule has 0 aromatic heterocycles. The highest BCUT2D eigenvalue weighted by Gasteiger charge is 2.30. The lowest BCUT2D eigenvalue weighted by atomic mass is 10.2. The predicted octanol–water partition coefficient (Wildman–Crippen LogP) is 2.24. The molecule has 0 radical (unpaired) electrons. The van der Waals surface area contributed by atoms with Crippen LogP contribution in [-0.2, 0) is 14.8 Å². The number of carbonyl (C=O) groups is 1. The fourth-order valence-corrected chi connectivity index (χ4v) is 4.17. The first-order chi connectivity index (χ1) is 12.4. The Morgan fingerprint density at radius 2 is 1.73 bits per heavy atom. The van der Waals surface area contributed by atoms with Crippen molar-refractivity contribution in [3.05, 3.63) is 59.7 Å². The van der Waals surface area contributed by atoms with E-state index in [0.29, 0.717) is 0 Å². The largest absolute Gasteiger partial charge is 0.379 e. The van der Waals surface area contributed by atoms with E-state index in [1.54, 1.807) is 0 Å². The third-order valence-corrected chi connectivity index (χ3v) is 5.85. The fourth-order valence-electron chi connectivity index (χ4n) is 2.58. The first-order valence-electron chi connectivity index (χ1n) is 7.83. The number of carbonyl (C=O) groups excluding carboxylic acids is 1. The minimum atomic E-state index is -3.89. The van der Waals surface area contributed by atoms with Crippen LogP contribution in [0.1, 0.15) is 10.4 Å². The van der Waals surface area contributed by atoms with Gasteiger partial charge in [-0.1, -0.05) is 12.1 Å². The topological polar surface area (TPSA) is 75.7 Å². The number of morpholine rings is 1. The van der Waals surface area contributed by atoms with Crippen LogP contribution in [-0.4, -0.2) is 44.9 Å². The molecule has 1 aliphatic heterocycles. The zero-order valence-electron chi connectivity index (χ0n) is 13.6. The van der Waals surface area contributed by atoms with Crippen molar-refractivity contribution in [3.63, 3.8) is 0 Å². The third kappa shape index (κ3) is 3.74. The van der Waals surface area contributed by atoms with Crippen LogP contribution in [0.2, 0.25) is 0 Å². The molecule has 0 saturated carbocycles. The van der Waals surface area contributed by atoms with E-state index in [-0.39, 0.29) is 42.4 Å². The molecule has 0 unspecified atom stereocenters. The third-order valence-electron chi connectivity index (χ3n) is 3.90. The average molecular weight is 382 g/mol. The van der Waals surface area contributed by atoms with Crippen LogP contribution in [0.5, 0.6) is 0 Å². The molecule has 0 spiro atoms. The Kier molecular flexibility index (Phi) is 5.30. The van der Waals surface area contributed by atoms with Gasteiger partial charge in [0, 0.05) is 24.8 Å². The van der Waals surface area contributed by atoms with Gasteiger partial charge < -0.3 is 10.1 Å². The van der Waals surface area contributed by atoms with Gasteiger partial charge in [-0.25, -0.2) is 17.2 Å². The van der Waals surface area contributed by atoms with Crippen molar-refractivity contribution >= 4 is 21.6 Å². The molecule has 1 heterocycles. The lowest BCUT2D eigenvalue weighted by Gasteiger charge is -2.26. The lowest BCUT2D eigenvalue weighted by molar-refractivity contribution is 0.0730. The Balaban J connectivity index is 1.91. The van der Waals surface area contributed by atoms with Crippen molar-refractivity contribution in [2.75, 3.05) is 31.6 Å². The number of sulfonamides is 1. The number of rotatable bonds is 4. The highest BCUT2D eigenvalue weighted by atomic mass is 32.2. The Hall–Kier alpha value is -2.36. The molecule has 0 aliphatic carbocycles. The molecule has 2 aromatic rings. The number of hydrogen-bond acceptors (Lipinski definition) is 4. The van der Waals surface area contributed by atoms with Crippen molar-refractivity contribution in [1.82, 2.24) is 4.31 Å². The van der Waals surface area contributed by atoms with E-state index in [2.05, 4.69) is 5.32 Å². The smallest absolute Gasteiger partial charge is 0.257 e. The lowest BCUT2D eigenvalue weighted by Crippen LogP contribution is -2.41. The number of anilines is 1. The molecule has 1 saturated heterocycles. The van der Waals surface area contributed by atoms with Crippen LogP contribution in [0, 0.1) is 11.6 Å². The van der Waals surface area contributed by atoms with E-state index in [4.69, 9.17) is 4.74 Å². The van der Waals surface area contributed by atoms with Crippen LogP contribution >= 0.6 is 0 Å². The number of amides is 1. The summed E-state index contributed by atoms with van der Waals surface area (Å²) >= 11 is 0. The van der Waals surface area contributed by atoms with Gasteiger partial charge in [-0.3, -0.25) is 4.79 Å². The summed E-state index contributed by atoms with van der Waals surface area (Å²) in [5, 5.41) is 2.39. The molecule has 1 fully saturated rings. The quantitative estimate of drug-likeness (QED) is 0.880. The van der Waals surface area contributed by atoms with Gasteiger partial charge in [0.25, 0.3) is 5.91 Å². The Morgan fingerprint density at radius 1 is 1.04 bits per heavy atom. The van der Waals surface area contributed by atoms with Crippen LogP contribution in [0.3, 0.4) is 0 Å². The number of ether oxygens (including phenoxy) is 1. The molecular formula is C17H16F2N2O4S. The minimum Gasteiger partial charge on any atom is -0.379 e. The van der Waals surface area contributed by atoms with Crippen molar-refractivity contribution in [2.45, 2.75) is 4.90 Å². The summed E-state index contributed by atoms with van der Waals surface area (Å²) in [6.07, 6.45) is 0. The first-order valence-corrected chi connectivity index (χ1v) is 9.27. The van der Waals surface area contributed by atoms with Gasteiger partial charge in [-0.15, -0.1) is 0 Å². The van der Waals surface area contributed by atoms with E-state index in [1.165, 1.54) is 34.6 Å². The van der Waals surface area contributed by atoms with Gasteiger partial charge in [0.05, 0.1) is 23.7 Å². The Morgan fingerprint density at radius 3 is 2.42 bits per heavy atom. The van der Waals surface area contributed by atoms with E-state index in [0.717, 1.165) is 12.1 Å². The molecule has 0 atom stereocenters. The molecule has 1 amide bonds. The number of hydrogen-bond donors (Lipinski definition) is 1. The molecule has 3 rings (SSSR count). The number of benzene rings is 2. The van der Waals surface area contributed by atoms with E-state index >= 15 is 0 Å². The summed E-state index contributed by atoms with van der Waals surface area (Å²) in [6.45, 7) is 0.952. The van der Waals surface area contributed by atoms with Gasteiger partial charge in [-0.05, 0) is 24.3 Å². The van der Waals surface area contributed by atoms with Crippen molar-refractivity contribution < 1.29 is 26.7 Å². The van der Waals surface area contributed by atoms with Gasteiger partial charge in [0.15, 0.2) is 11.6 Å². The second-order valence-corrected chi connectivity index (χ2v) is 7.50. The Bertz CT molecular complexity index is 928. The maximum absolute atomic E-state index is 13.3. The number of nitrogens with one attached hydrogen (secondary N) is 1. The SMILES string of the molecule is O=C(Nc1ccc(F)c(F)c1)c1ccccc1S(=O)(=O)N1CCOCC1. The average Bonchev–Trinajstić information content (AvgIpc) is 2.65. The van der Waals surface area contributed by atoms with Gasteiger partial charge >= 0.3 is 0 Å². The van der Waals surface area contributed by atoms with Gasteiger partial charge in [0.1, 0.15) is 0 Å². The van der Waals surface area contributed by atoms with E-state index in [9.17, 15) is 22.0 Å². The maximum Gasteiger partial charge on any atom is 0.257 e. The van der Waals surface area contributed by atoms with Crippen LogP contribution in [0.25, 0.3) is 0 Å². The fraction of sp³-hybridized carbons (Fsp3) is 0.235. The number of halogens is 2.